The summed E-state index contributed by atoms with van der Waals surface area (Å²) in [4.78, 5) is 11.2. The number of carbonyl (C=O) groups excluding carboxylic acids is 1. The van der Waals surface area contributed by atoms with Crippen LogP contribution in [-0.4, -0.2) is 24.4 Å². The molecule has 4 heteroatoms. The van der Waals surface area contributed by atoms with Gasteiger partial charge >= 0.3 is 0 Å². The molecule has 21 heavy (non-hydrogen) atoms. The number of ether oxygens (including phenoxy) is 1. The van der Waals surface area contributed by atoms with E-state index in [0.717, 1.165) is 16.5 Å². The number of amides is 1. The molecule has 0 saturated carbocycles. The van der Waals surface area contributed by atoms with Crippen molar-refractivity contribution in [3.63, 3.8) is 0 Å². The lowest BCUT2D eigenvalue weighted by Crippen LogP contribution is -2.29. The normalized spacial score (nSPS) is 11.3. The molecule has 0 spiro atoms. The zero-order valence-electron chi connectivity index (χ0n) is 11.7. The summed E-state index contributed by atoms with van der Waals surface area (Å²) in [6, 6.07) is 13.9. The Morgan fingerprint density at radius 2 is 2.00 bits per heavy atom. The summed E-state index contributed by atoms with van der Waals surface area (Å²) < 4.78 is 5.66. The molecule has 0 aliphatic rings. The molecule has 3 nitrogen and oxygen atoms in total. The molecule has 0 aliphatic heterocycles. The van der Waals surface area contributed by atoms with Gasteiger partial charge in [-0.05, 0) is 18.4 Å². The number of nitrogens with one attached hydrogen (secondary N) is 1. The summed E-state index contributed by atoms with van der Waals surface area (Å²) in [7, 11) is 0. The summed E-state index contributed by atoms with van der Waals surface area (Å²) in [6.07, 6.45) is 0. The minimum Gasteiger partial charge on any atom is -0.480 e. The van der Waals surface area contributed by atoms with Crippen LogP contribution in [0.5, 0.6) is 5.75 Å². The van der Waals surface area contributed by atoms with Gasteiger partial charge in [0, 0.05) is 5.39 Å². The third kappa shape index (κ3) is 4.40. The average Bonchev–Trinajstić information content (AvgIpc) is 2.50. The molecule has 0 fully saturated rings. The van der Waals surface area contributed by atoms with Crippen molar-refractivity contribution in [1.29, 1.82) is 0 Å². The average molecular weight is 302 g/mol. The van der Waals surface area contributed by atoms with Crippen LogP contribution >= 0.6 is 11.6 Å². The van der Waals surface area contributed by atoms with Gasteiger partial charge in [0.05, 0.1) is 6.54 Å². The van der Waals surface area contributed by atoms with Crippen LogP contribution in [0, 0.1) is 11.8 Å². The quantitative estimate of drug-likeness (QED) is 0.696. The molecule has 0 saturated heterocycles. The third-order valence-electron chi connectivity index (χ3n) is 2.89. The van der Waals surface area contributed by atoms with Crippen molar-refractivity contribution >= 4 is 28.3 Å². The van der Waals surface area contributed by atoms with Gasteiger partial charge in [0.15, 0.2) is 0 Å². The third-order valence-corrected chi connectivity index (χ3v) is 3.08. The van der Waals surface area contributed by atoms with Crippen molar-refractivity contribution in [3.8, 4) is 17.6 Å². The molecule has 0 bridgehead atoms. The maximum atomic E-state index is 11.2. The van der Waals surface area contributed by atoms with Gasteiger partial charge < -0.3 is 10.1 Å². The molecule has 108 valence electrons. The van der Waals surface area contributed by atoms with E-state index in [2.05, 4.69) is 17.2 Å². The fourth-order valence-corrected chi connectivity index (χ4v) is 1.90. The summed E-state index contributed by atoms with van der Waals surface area (Å²) in [6.45, 7) is 2.17. The van der Waals surface area contributed by atoms with E-state index < -0.39 is 5.38 Å². The van der Waals surface area contributed by atoms with Crippen LogP contribution in [0.2, 0.25) is 0 Å². The highest BCUT2D eigenvalue weighted by Gasteiger charge is 2.05. The molecule has 1 N–H and O–H groups in total. The number of hydrogen-bond acceptors (Lipinski definition) is 2. The van der Waals surface area contributed by atoms with Gasteiger partial charge in [-0.2, -0.15) is 0 Å². The Morgan fingerprint density at radius 3 is 2.81 bits per heavy atom. The first-order chi connectivity index (χ1) is 10.2. The van der Waals surface area contributed by atoms with Crippen molar-refractivity contribution in [2.75, 3.05) is 13.2 Å². The highest BCUT2D eigenvalue weighted by Crippen LogP contribution is 2.24. The topological polar surface area (TPSA) is 38.3 Å². The van der Waals surface area contributed by atoms with Gasteiger partial charge in [0.2, 0.25) is 5.91 Å². The molecule has 0 aliphatic carbocycles. The van der Waals surface area contributed by atoms with Crippen molar-refractivity contribution < 1.29 is 9.53 Å². The number of fused-ring (bicyclic) bond motifs is 1. The zero-order valence-corrected chi connectivity index (χ0v) is 12.5. The van der Waals surface area contributed by atoms with Crippen LogP contribution in [-0.2, 0) is 4.79 Å². The molecule has 2 aromatic rings. The molecule has 1 amide bonds. The maximum Gasteiger partial charge on any atom is 0.238 e. The largest absolute Gasteiger partial charge is 0.480 e. The fourth-order valence-electron chi connectivity index (χ4n) is 1.82. The Bertz CT molecular complexity index is 680. The van der Waals surface area contributed by atoms with E-state index in [0.29, 0.717) is 0 Å². The number of rotatable bonds is 4. The summed E-state index contributed by atoms with van der Waals surface area (Å²) in [5, 5.41) is 4.26. The van der Waals surface area contributed by atoms with Crippen LogP contribution < -0.4 is 10.1 Å². The lowest BCUT2D eigenvalue weighted by atomic mass is 10.1. The second-order valence-electron chi connectivity index (χ2n) is 4.45. The van der Waals surface area contributed by atoms with E-state index >= 15 is 0 Å². The second-order valence-corrected chi connectivity index (χ2v) is 5.11. The molecule has 2 rings (SSSR count). The minimum absolute atomic E-state index is 0.221. The predicted octanol–water partition coefficient (Wildman–Crippen LogP) is 2.97. The summed E-state index contributed by atoms with van der Waals surface area (Å²) >= 11 is 5.62. The van der Waals surface area contributed by atoms with E-state index in [1.54, 1.807) is 6.92 Å². The Morgan fingerprint density at radius 1 is 1.24 bits per heavy atom. The van der Waals surface area contributed by atoms with Gasteiger partial charge in [-0.3, -0.25) is 4.79 Å². The van der Waals surface area contributed by atoms with Crippen LogP contribution in [0.25, 0.3) is 10.8 Å². The maximum absolute atomic E-state index is 11.2. The Kier molecular flexibility index (Phi) is 5.48. The van der Waals surface area contributed by atoms with Crippen LogP contribution in [0.3, 0.4) is 0 Å². The minimum atomic E-state index is -0.543. The van der Waals surface area contributed by atoms with Gasteiger partial charge in [-0.15, -0.1) is 11.6 Å². The molecule has 0 radical (unpaired) electrons. The van der Waals surface area contributed by atoms with E-state index in [1.807, 2.05) is 42.5 Å². The summed E-state index contributed by atoms with van der Waals surface area (Å²) in [5.74, 6) is 6.27. The summed E-state index contributed by atoms with van der Waals surface area (Å²) in [5.41, 5.74) is 0. The number of carbonyl (C=O) groups is 1. The molecule has 1 atom stereocenters. The Hall–Kier alpha value is -2.18. The molecule has 2 aromatic carbocycles. The molecule has 1 unspecified atom stereocenters. The van der Waals surface area contributed by atoms with Crippen molar-refractivity contribution in [3.05, 3.63) is 42.5 Å². The van der Waals surface area contributed by atoms with E-state index in [1.165, 1.54) is 0 Å². The lowest BCUT2D eigenvalue weighted by Gasteiger charge is -2.06. The smallest absolute Gasteiger partial charge is 0.238 e. The van der Waals surface area contributed by atoms with Crippen molar-refractivity contribution in [1.82, 2.24) is 5.32 Å². The van der Waals surface area contributed by atoms with Crippen LogP contribution in [0.1, 0.15) is 6.92 Å². The number of benzene rings is 2. The Labute approximate surface area is 129 Å². The van der Waals surface area contributed by atoms with Gasteiger partial charge in [0.1, 0.15) is 17.7 Å². The van der Waals surface area contributed by atoms with E-state index in [9.17, 15) is 4.79 Å². The van der Waals surface area contributed by atoms with E-state index in [-0.39, 0.29) is 19.1 Å². The SMILES string of the molecule is CC(Cl)C(=O)NCC#CCOc1cccc2ccccc12. The van der Waals surface area contributed by atoms with Crippen molar-refractivity contribution in [2.24, 2.45) is 0 Å². The first-order valence-corrected chi connectivity index (χ1v) is 7.10. The fraction of sp³-hybridized carbons (Fsp3) is 0.235. The number of halogens is 1. The lowest BCUT2D eigenvalue weighted by molar-refractivity contribution is -0.120. The molecule has 0 aromatic heterocycles. The molecular weight excluding hydrogens is 286 g/mol. The standard InChI is InChI=1S/C17H16ClNO2/c1-13(18)17(20)19-11-4-5-12-21-16-10-6-8-14-7-2-3-9-15(14)16/h2-3,6-10,13H,11-12H2,1H3,(H,19,20). The van der Waals surface area contributed by atoms with Crippen LogP contribution in [0.4, 0.5) is 0 Å². The first-order valence-electron chi connectivity index (χ1n) is 6.66. The van der Waals surface area contributed by atoms with Gasteiger partial charge in [0.25, 0.3) is 0 Å². The number of hydrogen-bond donors (Lipinski definition) is 1. The molecule has 0 heterocycles. The Balaban J connectivity index is 1.87. The highest BCUT2D eigenvalue weighted by atomic mass is 35.5. The monoisotopic (exact) mass is 301 g/mol. The van der Waals surface area contributed by atoms with Crippen molar-refractivity contribution in [2.45, 2.75) is 12.3 Å². The predicted molar refractivity (Wildman–Crippen MR) is 85.5 cm³/mol. The molecular formula is C17H16ClNO2. The van der Waals surface area contributed by atoms with E-state index in [4.69, 9.17) is 16.3 Å². The first kappa shape index (κ1) is 15.2. The van der Waals surface area contributed by atoms with Gasteiger partial charge in [-0.1, -0.05) is 48.2 Å². The number of alkyl halides is 1. The van der Waals surface area contributed by atoms with Crippen LogP contribution in [0.15, 0.2) is 42.5 Å². The zero-order chi connectivity index (χ0) is 15.1. The van der Waals surface area contributed by atoms with Gasteiger partial charge in [-0.25, -0.2) is 0 Å². The highest BCUT2D eigenvalue weighted by molar-refractivity contribution is 6.30. The second kappa shape index (κ2) is 7.56.